The normalized spacial score (nSPS) is 16.4. The fourth-order valence-electron chi connectivity index (χ4n) is 5.65. The zero-order chi connectivity index (χ0) is 35.0. The molecule has 1 atom stereocenters. The molecule has 50 heavy (non-hydrogen) atoms. The maximum absolute atomic E-state index is 13.3. The Kier molecular flexibility index (Phi) is 10.7. The van der Waals surface area contributed by atoms with Crippen LogP contribution < -0.4 is 25.8 Å². The number of carbonyl (C=O) groups is 4. The third-order valence-electron chi connectivity index (χ3n) is 8.52. The summed E-state index contributed by atoms with van der Waals surface area (Å²) in [6.07, 6.45) is 5.34. The summed E-state index contributed by atoms with van der Waals surface area (Å²) in [6.45, 7) is 3.22. The molecule has 5 aromatic rings. The molecule has 4 amide bonds. The van der Waals surface area contributed by atoms with Crippen molar-refractivity contribution in [2.45, 2.75) is 32.9 Å². The monoisotopic (exact) mass is 688 g/mol. The van der Waals surface area contributed by atoms with Gasteiger partial charge in [-0.1, -0.05) is 66.8 Å². The number of thiazole rings is 1. The molecule has 2 aromatic carbocycles. The summed E-state index contributed by atoms with van der Waals surface area (Å²) in [7, 11) is 2.00. The second-order valence-electron chi connectivity index (χ2n) is 12.0. The smallest absolute Gasteiger partial charge is 0.270 e. The third-order valence-corrected chi connectivity index (χ3v) is 9.77. The Balaban J connectivity index is 1.32. The van der Waals surface area contributed by atoms with E-state index in [1.165, 1.54) is 0 Å². The summed E-state index contributed by atoms with van der Waals surface area (Å²) < 4.78 is 3.23. The summed E-state index contributed by atoms with van der Waals surface area (Å²) in [5.41, 5.74) is 4.27. The number of nitrogens with one attached hydrogen (secondary N) is 4. The first-order chi connectivity index (χ1) is 24.3. The Labute approximate surface area is 293 Å². The quantitative estimate of drug-likeness (QED) is 0.159. The van der Waals surface area contributed by atoms with Crippen LogP contribution in [-0.2, 0) is 20.1 Å². The Hall–Kier alpha value is -5.75. The highest BCUT2D eigenvalue weighted by Gasteiger charge is 2.23. The number of aromatic nitrogens is 3. The number of rotatable bonds is 2. The highest BCUT2D eigenvalue weighted by Crippen LogP contribution is 2.31. The van der Waals surface area contributed by atoms with Crippen molar-refractivity contribution in [3.63, 3.8) is 0 Å². The van der Waals surface area contributed by atoms with Gasteiger partial charge in [-0.2, -0.15) is 4.57 Å². The van der Waals surface area contributed by atoms with E-state index >= 15 is 0 Å². The van der Waals surface area contributed by atoms with Gasteiger partial charge in [-0.15, -0.1) is 0 Å². The number of nitrogens with zero attached hydrogens (tertiary/aromatic N) is 3. The number of pyridine rings is 2. The fraction of sp³-hybridized carbons (Fsp3) is 0.237. The molecule has 4 N–H and O–H groups in total. The summed E-state index contributed by atoms with van der Waals surface area (Å²) in [6, 6.07) is 23.6. The lowest BCUT2D eigenvalue weighted by Crippen LogP contribution is -2.31. The van der Waals surface area contributed by atoms with E-state index in [4.69, 9.17) is 0 Å². The molecule has 254 valence electrons. The van der Waals surface area contributed by atoms with Crippen molar-refractivity contribution in [2.75, 3.05) is 13.1 Å². The largest absolute Gasteiger partial charge is 0.350 e. The average Bonchev–Trinajstić information content (AvgIpc) is 3.49. The molecule has 7 rings (SSSR count). The number of benzene rings is 2. The second kappa shape index (κ2) is 15.6. The van der Waals surface area contributed by atoms with E-state index in [1.54, 1.807) is 47.7 Å². The van der Waals surface area contributed by atoms with E-state index in [2.05, 4.69) is 47.9 Å². The maximum atomic E-state index is 13.3. The predicted octanol–water partition coefficient (Wildman–Crippen LogP) is 4.49. The van der Waals surface area contributed by atoms with Crippen LogP contribution in [0.15, 0.2) is 91.0 Å². The molecule has 5 heterocycles. The first-order valence-electron chi connectivity index (χ1n) is 16.5. The van der Waals surface area contributed by atoms with Crippen molar-refractivity contribution in [3.05, 3.63) is 125 Å². The molecule has 0 aliphatic carbocycles. The van der Waals surface area contributed by atoms with Crippen LogP contribution in [0.2, 0.25) is 0 Å². The molecular weight excluding hydrogens is 651 g/mol. The average molecular weight is 689 g/mol. The molecule has 3 aromatic heterocycles. The minimum atomic E-state index is -0.403. The zero-order valence-electron chi connectivity index (χ0n) is 27.9. The van der Waals surface area contributed by atoms with Crippen LogP contribution >= 0.6 is 11.3 Å². The summed E-state index contributed by atoms with van der Waals surface area (Å²) in [5.74, 6) is -1.46. The van der Waals surface area contributed by atoms with E-state index in [0.717, 1.165) is 38.3 Å². The number of hydrogen-bond donors (Lipinski definition) is 4. The first kappa shape index (κ1) is 34.1. The lowest BCUT2D eigenvalue weighted by molar-refractivity contribution is -0.629. The highest BCUT2D eigenvalue weighted by atomic mass is 32.1. The van der Waals surface area contributed by atoms with E-state index in [1.807, 2.05) is 56.5 Å². The van der Waals surface area contributed by atoms with Gasteiger partial charge in [-0.05, 0) is 66.3 Å². The molecule has 2 aliphatic rings. The molecule has 0 saturated carbocycles. The maximum Gasteiger partial charge on any atom is 0.270 e. The van der Waals surface area contributed by atoms with Crippen LogP contribution in [-0.4, -0.2) is 46.7 Å². The number of para-hydroxylation sites is 1. The third kappa shape index (κ3) is 7.92. The van der Waals surface area contributed by atoms with Gasteiger partial charge in [0.1, 0.15) is 34.5 Å². The van der Waals surface area contributed by atoms with Gasteiger partial charge in [0.15, 0.2) is 0 Å². The summed E-state index contributed by atoms with van der Waals surface area (Å²) in [5, 5.41) is 12.7. The molecule has 0 saturated heterocycles. The second-order valence-corrected chi connectivity index (χ2v) is 13.0. The van der Waals surface area contributed by atoms with Crippen molar-refractivity contribution < 1.29 is 23.7 Å². The van der Waals surface area contributed by atoms with Gasteiger partial charge >= 0.3 is 0 Å². The first-order valence-corrected chi connectivity index (χ1v) is 17.4. The molecule has 1 unspecified atom stereocenters. The van der Waals surface area contributed by atoms with Crippen LogP contribution in [0, 0.1) is 5.92 Å². The number of hydrogen-bond acceptors (Lipinski definition) is 7. The van der Waals surface area contributed by atoms with E-state index in [-0.39, 0.29) is 53.6 Å². The van der Waals surface area contributed by atoms with Crippen molar-refractivity contribution in [1.82, 2.24) is 31.2 Å². The summed E-state index contributed by atoms with van der Waals surface area (Å²) in [4.78, 5) is 61.0. The van der Waals surface area contributed by atoms with Crippen LogP contribution in [0.25, 0.3) is 20.8 Å². The number of carbonyl (C=O) groups excluding carboxylic acids is 4. The van der Waals surface area contributed by atoms with E-state index < -0.39 is 11.8 Å². The Morgan fingerprint density at radius 1 is 0.740 bits per heavy atom. The fourth-order valence-corrected chi connectivity index (χ4v) is 6.85. The molecule has 0 spiro atoms. The van der Waals surface area contributed by atoms with Crippen LogP contribution in [0.3, 0.4) is 0 Å². The van der Waals surface area contributed by atoms with Crippen molar-refractivity contribution >= 4 is 45.2 Å². The van der Waals surface area contributed by atoms with Crippen molar-refractivity contribution in [3.8, 4) is 10.6 Å². The van der Waals surface area contributed by atoms with Crippen molar-refractivity contribution in [1.29, 1.82) is 0 Å². The van der Waals surface area contributed by atoms with Gasteiger partial charge in [0.2, 0.25) is 5.52 Å². The number of fused-ring (bicyclic) bond motifs is 15. The Morgan fingerprint density at radius 2 is 1.36 bits per heavy atom. The molecule has 0 radical (unpaired) electrons. The molecule has 11 nitrogen and oxygen atoms in total. The molecule has 6 bridgehead atoms. The minimum absolute atomic E-state index is 0.0718. The van der Waals surface area contributed by atoms with Gasteiger partial charge in [-0.3, -0.25) is 19.2 Å². The molecule has 0 fully saturated rings. The lowest BCUT2D eigenvalue weighted by Gasteiger charge is -2.13. The Morgan fingerprint density at radius 3 is 2.02 bits per heavy atom. The SMILES string of the molecule is CCC1C=CCCNC(=O)c2cccc(n2)C(=O)NCc2ccc(cc2-c2sc3ccccc3[n+]2C)CNC(=O)c2cccc(n2)C(=O)NC1. The topological polar surface area (TPSA) is 146 Å². The standard InChI is InChI=1S/C38H37N7O4S/c1-3-24-10-6-7-19-39-34(46)28-11-8-14-31(43-28)37(49)42-23-26-18-17-25(20-27(26)38-45(2)32-15-4-5-16-33(32)50-38)22-41-36(48)30-13-9-12-29(44-30)35(47)40-21-24/h4-6,8-18,20,24H,3,7,19,21-23H2,1-2H3,(H3-,39,40,41,42,46,47,48,49)/p+1. The number of aryl methyl sites for hydroxylation is 1. The van der Waals surface area contributed by atoms with Crippen LogP contribution in [0.1, 0.15) is 72.8 Å². The molecule has 12 heteroatoms. The minimum Gasteiger partial charge on any atom is -0.350 e. The summed E-state index contributed by atoms with van der Waals surface area (Å²) >= 11 is 1.63. The zero-order valence-corrected chi connectivity index (χ0v) is 28.7. The molecular formula is C38H38N7O4S+. The molecule has 2 aliphatic heterocycles. The van der Waals surface area contributed by atoms with Gasteiger partial charge in [0.05, 0.1) is 5.56 Å². The number of amides is 4. The van der Waals surface area contributed by atoms with Crippen molar-refractivity contribution in [2.24, 2.45) is 13.0 Å². The lowest BCUT2D eigenvalue weighted by atomic mass is 10.0. The van der Waals surface area contributed by atoms with E-state index in [9.17, 15) is 19.2 Å². The predicted molar refractivity (Wildman–Crippen MR) is 191 cm³/mol. The Bertz CT molecular complexity index is 2110. The van der Waals surface area contributed by atoms with Crippen LogP contribution in [0.5, 0.6) is 0 Å². The van der Waals surface area contributed by atoms with Crippen LogP contribution in [0.4, 0.5) is 0 Å². The van der Waals surface area contributed by atoms with Gasteiger partial charge < -0.3 is 21.3 Å². The van der Waals surface area contributed by atoms with Gasteiger partial charge in [-0.25, -0.2) is 9.97 Å². The van der Waals surface area contributed by atoms with Gasteiger partial charge in [0.25, 0.3) is 28.6 Å². The highest BCUT2D eigenvalue weighted by molar-refractivity contribution is 7.21. The van der Waals surface area contributed by atoms with Gasteiger partial charge in [0, 0.05) is 32.2 Å². The van der Waals surface area contributed by atoms with E-state index in [0.29, 0.717) is 19.5 Å².